The molecule has 0 spiro atoms. The Morgan fingerprint density at radius 3 is 2.50 bits per heavy atom. The zero-order valence-corrected chi connectivity index (χ0v) is 18.0. The number of anilines is 1. The van der Waals surface area contributed by atoms with Gasteiger partial charge in [-0.25, -0.2) is 8.42 Å². The second-order valence-electron chi connectivity index (χ2n) is 7.80. The molecule has 0 bridgehead atoms. The molecule has 2 aromatic carbocycles. The first-order chi connectivity index (χ1) is 14.3. The Bertz CT molecular complexity index is 1180. The van der Waals surface area contributed by atoms with Gasteiger partial charge in [-0.2, -0.15) is 4.31 Å². The van der Waals surface area contributed by atoms with Gasteiger partial charge in [0.2, 0.25) is 15.9 Å². The molecule has 0 aliphatic carbocycles. The zero-order chi connectivity index (χ0) is 21.3. The maximum atomic E-state index is 12.7. The third-order valence-corrected chi connectivity index (χ3v) is 7.32. The van der Waals surface area contributed by atoms with Gasteiger partial charge in [-0.15, -0.1) is 0 Å². The third-order valence-electron chi connectivity index (χ3n) is 5.41. The summed E-state index contributed by atoms with van der Waals surface area (Å²) in [5.41, 5.74) is 3.89. The summed E-state index contributed by atoms with van der Waals surface area (Å²) < 4.78 is 32.4. The fourth-order valence-corrected chi connectivity index (χ4v) is 5.48. The molecule has 3 aromatic rings. The first kappa shape index (κ1) is 20.6. The van der Waals surface area contributed by atoms with Crippen LogP contribution in [0.5, 0.6) is 0 Å². The van der Waals surface area contributed by atoms with Crippen LogP contribution in [0.25, 0.3) is 11.0 Å². The lowest BCUT2D eigenvalue weighted by Crippen LogP contribution is -2.35. The first-order valence-electron chi connectivity index (χ1n) is 10.1. The summed E-state index contributed by atoms with van der Waals surface area (Å²) in [7, 11) is -3.48. The number of amides is 1. The number of nitrogens with one attached hydrogen (secondary N) is 1. The number of carbonyl (C=O) groups is 1. The van der Waals surface area contributed by atoms with E-state index in [0.29, 0.717) is 30.1 Å². The van der Waals surface area contributed by atoms with E-state index in [2.05, 4.69) is 10.5 Å². The van der Waals surface area contributed by atoms with E-state index in [1.807, 2.05) is 26.0 Å². The SMILES string of the molecule is Cc1cc(C)c2c(CC(=O)Nc3ccc(S(=O)(=O)N4CCCCC4)cc3)noc2c1. The van der Waals surface area contributed by atoms with Crippen molar-refractivity contribution in [2.75, 3.05) is 18.4 Å². The Morgan fingerprint density at radius 1 is 1.10 bits per heavy atom. The molecule has 158 valence electrons. The van der Waals surface area contributed by atoms with Crippen LogP contribution in [0.3, 0.4) is 0 Å². The molecule has 8 heteroatoms. The number of fused-ring (bicyclic) bond motifs is 1. The second kappa shape index (κ2) is 8.20. The third kappa shape index (κ3) is 4.11. The molecule has 0 saturated carbocycles. The highest BCUT2D eigenvalue weighted by Crippen LogP contribution is 2.25. The highest BCUT2D eigenvalue weighted by atomic mass is 32.2. The number of piperidine rings is 1. The largest absolute Gasteiger partial charge is 0.356 e. The Labute approximate surface area is 176 Å². The number of rotatable bonds is 5. The summed E-state index contributed by atoms with van der Waals surface area (Å²) in [6, 6.07) is 10.2. The Hall–Kier alpha value is -2.71. The molecule has 1 aliphatic rings. The first-order valence-corrected chi connectivity index (χ1v) is 11.5. The van der Waals surface area contributed by atoms with Gasteiger partial charge in [-0.1, -0.05) is 17.6 Å². The molecule has 1 fully saturated rings. The van der Waals surface area contributed by atoms with Gasteiger partial charge in [0.1, 0.15) is 5.69 Å². The number of benzene rings is 2. The van der Waals surface area contributed by atoms with Crippen molar-refractivity contribution in [3.05, 3.63) is 53.2 Å². The van der Waals surface area contributed by atoms with Crippen LogP contribution in [0, 0.1) is 13.8 Å². The molecule has 1 amide bonds. The quantitative estimate of drug-likeness (QED) is 0.669. The lowest BCUT2D eigenvalue weighted by molar-refractivity contribution is -0.115. The van der Waals surface area contributed by atoms with E-state index in [9.17, 15) is 13.2 Å². The van der Waals surface area contributed by atoms with Crippen molar-refractivity contribution in [2.45, 2.75) is 44.4 Å². The number of aromatic nitrogens is 1. The van der Waals surface area contributed by atoms with Crippen molar-refractivity contribution >= 4 is 32.6 Å². The van der Waals surface area contributed by atoms with E-state index in [1.54, 1.807) is 12.1 Å². The average molecular weight is 428 g/mol. The minimum atomic E-state index is -3.48. The van der Waals surface area contributed by atoms with Crippen LogP contribution < -0.4 is 5.32 Å². The van der Waals surface area contributed by atoms with Crippen LogP contribution in [0.1, 0.15) is 36.1 Å². The summed E-state index contributed by atoms with van der Waals surface area (Å²) in [6.45, 7) is 5.07. The van der Waals surface area contributed by atoms with Crippen LogP contribution in [0.15, 0.2) is 45.8 Å². The predicted molar refractivity (Wildman–Crippen MR) is 115 cm³/mol. The number of hydrogen-bond acceptors (Lipinski definition) is 5. The zero-order valence-electron chi connectivity index (χ0n) is 17.1. The molecule has 7 nitrogen and oxygen atoms in total. The molecule has 1 saturated heterocycles. The fraction of sp³-hybridized carbons (Fsp3) is 0.364. The summed E-state index contributed by atoms with van der Waals surface area (Å²) in [4.78, 5) is 12.8. The van der Waals surface area contributed by atoms with Gasteiger partial charge < -0.3 is 9.84 Å². The summed E-state index contributed by atoms with van der Waals surface area (Å²) in [5, 5.41) is 7.72. The smallest absolute Gasteiger partial charge is 0.243 e. The average Bonchev–Trinajstić information content (AvgIpc) is 3.11. The minimum absolute atomic E-state index is 0.0741. The predicted octanol–water partition coefficient (Wildman–Crippen LogP) is 3.80. The summed E-state index contributed by atoms with van der Waals surface area (Å²) >= 11 is 0. The number of hydrogen-bond donors (Lipinski definition) is 1. The molecule has 30 heavy (non-hydrogen) atoms. The molecule has 2 heterocycles. The number of nitrogens with zero attached hydrogens (tertiary/aromatic N) is 2. The van der Waals surface area contributed by atoms with Gasteiger partial charge in [-0.3, -0.25) is 4.79 Å². The molecular weight excluding hydrogens is 402 g/mol. The molecule has 0 unspecified atom stereocenters. The van der Waals surface area contributed by atoms with Gasteiger partial charge in [-0.05, 0) is 68.1 Å². The van der Waals surface area contributed by atoms with Crippen molar-refractivity contribution in [1.29, 1.82) is 0 Å². The Balaban J connectivity index is 1.45. The molecular formula is C22H25N3O4S. The lowest BCUT2D eigenvalue weighted by Gasteiger charge is -2.25. The van der Waals surface area contributed by atoms with Crippen LogP contribution in [-0.4, -0.2) is 36.9 Å². The second-order valence-corrected chi connectivity index (χ2v) is 9.74. The van der Waals surface area contributed by atoms with E-state index in [-0.39, 0.29) is 17.2 Å². The van der Waals surface area contributed by atoms with E-state index in [1.165, 1.54) is 16.4 Å². The molecule has 1 aliphatic heterocycles. The Morgan fingerprint density at radius 2 is 1.80 bits per heavy atom. The van der Waals surface area contributed by atoms with Crippen molar-refractivity contribution in [3.63, 3.8) is 0 Å². The summed E-state index contributed by atoms with van der Waals surface area (Å²) in [6.07, 6.45) is 2.92. The number of carbonyl (C=O) groups excluding carboxylic acids is 1. The van der Waals surface area contributed by atoms with Crippen LogP contribution in [-0.2, 0) is 21.2 Å². The highest BCUT2D eigenvalue weighted by Gasteiger charge is 2.25. The van der Waals surface area contributed by atoms with Gasteiger partial charge in [0, 0.05) is 24.2 Å². The fourth-order valence-electron chi connectivity index (χ4n) is 3.96. The van der Waals surface area contributed by atoms with Crippen LogP contribution in [0.4, 0.5) is 5.69 Å². The molecule has 1 aromatic heterocycles. The maximum absolute atomic E-state index is 12.7. The number of sulfonamides is 1. The van der Waals surface area contributed by atoms with Gasteiger partial charge in [0.25, 0.3) is 0 Å². The van der Waals surface area contributed by atoms with E-state index < -0.39 is 10.0 Å². The van der Waals surface area contributed by atoms with Gasteiger partial charge in [0.05, 0.1) is 11.3 Å². The Kier molecular flexibility index (Phi) is 5.62. The van der Waals surface area contributed by atoms with E-state index in [0.717, 1.165) is 35.8 Å². The van der Waals surface area contributed by atoms with Crippen molar-refractivity contribution in [1.82, 2.24) is 9.46 Å². The highest BCUT2D eigenvalue weighted by molar-refractivity contribution is 7.89. The van der Waals surface area contributed by atoms with Crippen LogP contribution in [0.2, 0.25) is 0 Å². The monoisotopic (exact) mass is 427 g/mol. The van der Waals surface area contributed by atoms with Crippen LogP contribution >= 0.6 is 0 Å². The summed E-state index contributed by atoms with van der Waals surface area (Å²) in [5.74, 6) is -0.239. The number of aryl methyl sites for hydroxylation is 2. The molecule has 4 rings (SSSR count). The van der Waals surface area contributed by atoms with E-state index >= 15 is 0 Å². The molecule has 0 radical (unpaired) electrons. The van der Waals surface area contributed by atoms with Crippen molar-refractivity contribution in [2.24, 2.45) is 0 Å². The van der Waals surface area contributed by atoms with Gasteiger partial charge >= 0.3 is 0 Å². The normalized spacial score (nSPS) is 15.4. The topological polar surface area (TPSA) is 92.5 Å². The standard InChI is InChI=1S/C22H25N3O4S/c1-15-12-16(2)22-19(24-29-20(22)13-15)14-21(26)23-17-6-8-18(9-7-17)30(27,28)25-10-4-3-5-11-25/h6-9,12-13H,3-5,10-11,14H2,1-2H3,(H,23,26). The molecule has 0 atom stereocenters. The molecule has 1 N–H and O–H groups in total. The van der Waals surface area contributed by atoms with E-state index in [4.69, 9.17) is 4.52 Å². The lowest BCUT2D eigenvalue weighted by atomic mass is 10.0. The van der Waals surface area contributed by atoms with Gasteiger partial charge in [0.15, 0.2) is 5.58 Å². The van der Waals surface area contributed by atoms with Crippen molar-refractivity contribution < 1.29 is 17.7 Å². The maximum Gasteiger partial charge on any atom is 0.243 e. The minimum Gasteiger partial charge on any atom is -0.356 e. The van der Waals surface area contributed by atoms with Crippen molar-refractivity contribution in [3.8, 4) is 0 Å².